The van der Waals surface area contributed by atoms with Crippen LogP contribution in [0.15, 0.2) is 67.0 Å². The fraction of sp³-hybridized carbons (Fsp3) is 0.346. The zero-order valence-corrected chi connectivity index (χ0v) is 16.8. The van der Waals surface area contributed by atoms with E-state index in [-0.39, 0.29) is 0 Å². The lowest BCUT2D eigenvalue weighted by Crippen LogP contribution is -2.17. The molecule has 0 bridgehead atoms. The van der Waals surface area contributed by atoms with Gasteiger partial charge in [0.15, 0.2) is 5.82 Å². The second-order valence-electron chi connectivity index (χ2n) is 8.22. The number of aryl methyl sites for hydroxylation is 1. The van der Waals surface area contributed by atoms with Gasteiger partial charge in [0.25, 0.3) is 0 Å². The molecule has 1 aliphatic rings. The van der Waals surface area contributed by atoms with Crippen molar-refractivity contribution in [2.45, 2.75) is 44.9 Å². The van der Waals surface area contributed by atoms with Crippen LogP contribution in [-0.2, 0) is 12.8 Å². The normalized spacial score (nSPS) is 18.9. The number of aromatic nitrogens is 2. The summed E-state index contributed by atoms with van der Waals surface area (Å²) in [5, 5.41) is 8.90. The van der Waals surface area contributed by atoms with Gasteiger partial charge in [-0.2, -0.15) is 5.26 Å². The van der Waals surface area contributed by atoms with Crippen molar-refractivity contribution in [3.8, 4) is 17.5 Å². The van der Waals surface area contributed by atoms with Gasteiger partial charge in [-0.05, 0) is 79.3 Å². The molecule has 0 amide bonds. The first-order valence-corrected chi connectivity index (χ1v) is 10.7. The zero-order chi connectivity index (χ0) is 19.9. The summed E-state index contributed by atoms with van der Waals surface area (Å²) in [7, 11) is 0. The highest BCUT2D eigenvalue weighted by atomic mass is 14.9. The first-order chi connectivity index (χ1) is 14.3. The Labute approximate surface area is 173 Å². The topological polar surface area (TPSA) is 49.6 Å². The maximum absolute atomic E-state index is 8.90. The van der Waals surface area contributed by atoms with Crippen molar-refractivity contribution >= 4 is 0 Å². The molecule has 29 heavy (non-hydrogen) atoms. The summed E-state index contributed by atoms with van der Waals surface area (Å²) in [5.41, 5.74) is 4.31. The summed E-state index contributed by atoms with van der Waals surface area (Å²) in [6.45, 7) is 0. The number of hydrogen-bond donors (Lipinski definition) is 0. The van der Waals surface area contributed by atoms with E-state index in [2.05, 4.69) is 46.4 Å². The molecule has 0 N–H and O–H groups in total. The molecule has 0 atom stereocenters. The van der Waals surface area contributed by atoms with E-state index in [0.717, 1.165) is 29.6 Å². The van der Waals surface area contributed by atoms with E-state index in [4.69, 9.17) is 5.26 Å². The third-order valence-electron chi connectivity index (χ3n) is 6.15. The Kier molecular flexibility index (Phi) is 6.32. The van der Waals surface area contributed by atoms with E-state index < -0.39 is 0 Å². The van der Waals surface area contributed by atoms with Crippen LogP contribution in [0.3, 0.4) is 0 Å². The van der Waals surface area contributed by atoms with Crippen molar-refractivity contribution < 1.29 is 0 Å². The van der Waals surface area contributed by atoms with Gasteiger partial charge < -0.3 is 0 Å². The van der Waals surface area contributed by atoms with Gasteiger partial charge in [-0.1, -0.05) is 43.2 Å². The molecule has 0 spiro atoms. The first-order valence-electron chi connectivity index (χ1n) is 10.7. The monoisotopic (exact) mass is 381 g/mol. The molecule has 1 saturated carbocycles. The number of hydrogen-bond acceptors (Lipinski definition) is 3. The highest BCUT2D eigenvalue weighted by molar-refractivity contribution is 5.56. The van der Waals surface area contributed by atoms with Crippen LogP contribution >= 0.6 is 0 Å². The molecule has 0 radical (unpaired) electrons. The van der Waals surface area contributed by atoms with Gasteiger partial charge in [-0.15, -0.1) is 0 Å². The summed E-state index contributed by atoms with van der Waals surface area (Å²) in [5.74, 6) is 2.41. The smallest absolute Gasteiger partial charge is 0.159 e. The molecule has 1 heterocycles. The average molecular weight is 382 g/mol. The van der Waals surface area contributed by atoms with Crippen LogP contribution in [-0.4, -0.2) is 9.97 Å². The number of benzene rings is 2. The minimum absolute atomic E-state index is 0.656. The maximum atomic E-state index is 8.90. The van der Waals surface area contributed by atoms with Gasteiger partial charge in [0.2, 0.25) is 0 Å². The second kappa shape index (κ2) is 9.47. The van der Waals surface area contributed by atoms with Gasteiger partial charge in [-0.25, -0.2) is 9.97 Å². The maximum Gasteiger partial charge on any atom is 0.159 e. The van der Waals surface area contributed by atoms with Crippen molar-refractivity contribution in [2.24, 2.45) is 11.8 Å². The highest BCUT2D eigenvalue weighted by Gasteiger charge is 2.21. The number of nitrogens with zero attached hydrogens (tertiary/aromatic N) is 3. The molecule has 2 aromatic carbocycles. The Bertz CT molecular complexity index is 932. The Morgan fingerprint density at radius 2 is 1.45 bits per heavy atom. The minimum atomic E-state index is 0.656. The number of nitriles is 1. The van der Waals surface area contributed by atoms with Gasteiger partial charge in [0.1, 0.15) is 0 Å². The summed E-state index contributed by atoms with van der Waals surface area (Å²) in [6, 6.07) is 20.5. The Hall–Kier alpha value is -2.99. The van der Waals surface area contributed by atoms with E-state index in [9.17, 15) is 0 Å². The molecule has 1 fully saturated rings. The van der Waals surface area contributed by atoms with Crippen molar-refractivity contribution in [1.82, 2.24) is 9.97 Å². The molecule has 3 aromatic rings. The van der Waals surface area contributed by atoms with Crippen LogP contribution in [0, 0.1) is 23.2 Å². The van der Waals surface area contributed by atoms with Crippen LogP contribution in [0.4, 0.5) is 0 Å². The number of rotatable bonds is 6. The molecule has 0 saturated heterocycles. The molecule has 146 valence electrons. The predicted octanol–water partition coefficient (Wildman–Crippen LogP) is 6.00. The van der Waals surface area contributed by atoms with E-state index in [1.165, 1.54) is 49.7 Å². The summed E-state index contributed by atoms with van der Waals surface area (Å²) < 4.78 is 0. The lowest BCUT2D eigenvalue weighted by Gasteiger charge is -2.28. The van der Waals surface area contributed by atoms with Crippen molar-refractivity contribution in [3.63, 3.8) is 0 Å². The lowest BCUT2D eigenvalue weighted by atomic mass is 9.77. The molecule has 3 nitrogen and oxygen atoms in total. The molecule has 0 unspecified atom stereocenters. The molecule has 1 aliphatic carbocycles. The molecular weight excluding hydrogens is 354 g/mol. The Morgan fingerprint density at radius 1 is 0.793 bits per heavy atom. The standard InChI is InChI=1S/C26H27N3/c27-17-23-12-14-25(15-13-23)26-28-18-24(19-29-26)11-8-20-6-9-22(10-7-20)16-21-4-2-1-3-5-21/h1-5,12-15,18-20,22H,6-11,16H2/t20-,22-. The van der Waals surface area contributed by atoms with Crippen LogP contribution in [0.25, 0.3) is 11.4 Å². The Balaban J connectivity index is 1.24. The summed E-state index contributed by atoms with van der Waals surface area (Å²) >= 11 is 0. The van der Waals surface area contributed by atoms with E-state index in [1.54, 1.807) is 12.1 Å². The van der Waals surface area contributed by atoms with Crippen molar-refractivity contribution in [2.75, 3.05) is 0 Å². The fourth-order valence-electron chi connectivity index (χ4n) is 4.37. The van der Waals surface area contributed by atoms with E-state index >= 15 is 0 Å². The largest absolute Gasteiger partial charge is 0.236 e. The highest BCUT2D eigenvalue weighted by Crippen LogP contribution is 2.33. The van der Waals surface area contributed by atoms with Gasteiger partial charge in [-0.3, -0.25) is 0 Å². The van der Waals surface area contributed by atoms with Gasteiger partial charge in [0, 0.05) is 18.0 Å². The summed E-state index contributed by atoms with van der Waals surface area (Å²) in [6.07, 6.45) is 12.9. The summed E-state index contributed by atoms with van der Waals surface area (Å²) in [4.78, 5) is 9.07. The van der Waals surface area contributed by atoms with Crippen molar-refractivity contribution in [1.29, 1.82) is 5.26 Å². The van der Waals surface area contributed by atoms with Crippen LogP contribution in [0.1, 0.15) is 48.8 Å². The first kappa shape index (κ1) is 19.3. The van der Waals surface area contributed by atoms with E-state index in [0.29, 0.717) is 5.56 Å². The Morgan fingerprint density at radius 3 is 2.10 bits per heavy atom. The molecule has 4 rings (SSSR count). The van der Waals surface area contributed by atoms with Crippen LogP contribution in [0.5, 0.6) is 0 Å². The van der Waals surface area contributed by atoms with E-state index in [1.807, 2.05) is 24.5 Å². The average Bonchev–Trinajstić information content (AvgIpc) is 2.80. The SMILES string of the molecule is N#Cc1ccc(-c2ncc(CC[C@H]3CC[C@H](Cc4ccccc4)CC3)cn2)cc1. The van der Waals surface area contributed by atoms with Gasteiger partial charge in [0.05, 0.1) is 11.6 Å². The molecule has 3 heteroatoms. The van der Waals surface area contributed by atoms with Crippen LogP contribution in [0.2, 0.25) is 0 Å². The molecule has 1 aromatic heterocycles. The predicted molar refractivity (Wildman–Crippen MR) is 116 cm³/mol. The molecule has 0 aliphatic heterocycles. The minimum Gasteiger partial charge on any atom is -0.236 e. The third kappa shape index (κ3) is 5.29. The quantitative estimate of drug-likeness (QED) is 0.526. The lowest BCUT2D eigenvalue weighted by molar-refractivity contribution is 0.262. The fourth-order valence-corrected chi connectivity index (χ4v) is 4.37. The molecular formula is C26H27N3. The zero-order valence-electron chi connectivity index (χ0n) is 16.8. The van der Waals surface area contributed by atoms with Crippen LogP contribution < -0.4 is 0 Å². The second-order valence-corrected chi connectivity index (χ2v) is 8.22. The van der Waals surface area contributed by atoms with Gasteiger partial charge >= 0.3 is 0 Å². The third-order valence-corrected chi connectivity index (χ3v) is 6.15. The van der Waals surface area contributed by atoms with Crippen molar-refractivity contribution in [3.05, 3.63) is 83.7 Å².